The second-order valence-electron chi connectivity index (χ2n) is 5.40. The van der Waals surface area contributed by atoms with Gasteiger partial charge in [0.2, 0.25) is 0 Å². The molecule has 0 atom stereocenters. The number of carbonyl (C=O) groups excluding carboxylic acids is 1. The minimum atomic E-state index is -0.550. The molecule has 3 rings (SSSR count). The Hall–Kier alpha value is -3.46. The van der Waals surface area contributed by atoms with Crippen LogP contribution in [0, 0.1) is 18.3 Å². The third-order valence-corrected chi connectivity index (χ3v) is 3.65. The summed E-state index contributed by atoms with van der Waals surface area (Å²) in [5, 5.41) is 11.6. The molecule has 2 aromatic heterocycles. The molecule has 0 unspecified atom stereocenters. The Kier molecular flexibility index (Phi) is 4.08. The molecule has 0 aliphatic carbocycles. The minimum Gasteiger partial charge on any atom is -0.346 e. The second-order valence-corrected chi connectivity index (χ2v) is 5.40. The molecule has 0 fully saturated rings. The number of pyridine rings is 1. The van der Waals surface area contributed by atoms with Gasteiger partial charge in [-0.2, -0.15) is 5.26 Å². The molecule has 0 aliphatic rings. The van der Waals surface area contributed by atoms with E-state index in [4.69, 9.17) is 5.26 Å². The fourth-order valence-corrected chi connectivity index (χ4v) is 2.29. The number of amides is 1. The van der Waals surface area contributed by atoms with Crippen LogP contribution in [-0.4, -0.2) is 15.3 Å². The van der Waals surface area contributed by atoms with E-state index in [0.29, 0.717) is 17.6 Å². The molecule has 3 aromatic rings. The number of hydrogen-bond donors (Lipinski definition) is 1. The first-order valence-electron chi connectivity index (χ1n) is 7.34. The van der Waals surface area contributed by atoms with Gasteiger partial charge in [-0.3, -0.25) is 14.0 Å². The predicted octanol–water partition coefficient (Wildman–Crippen LogP) is 1.80. The number of aryl methyl sites for hydroxylation is 1. The molecular weight excluding hydrogens is 304 g/mol. The fourth-order valence-electron chi connectivity index (χ4n) is 2.29. The maximum absolute atomic E-state index is 12.4. The van der Waals surface area contributed by atoms with Crippen LogP contribution in [0.15, 0.2) is 53.6 Å². The summed E-state index contributed by atoms with van der Waals surface area (Å²) in [5.74, 6) is -0.544. The Balaban J connectivity index is 1.87. The van der Waals surface area contributed by atoms with Crippen LogP contribution in [0.4, 0.5) is 0 Å². The number of nitrogens with one attached hydrogen (secondary N) is 1. The van der Waals surface area contributed by atoms with Crippen LogP contribution in [0.3, 0.4) is 0 Å². The molecule has 6 heteroatoms. The van der Waals surface area contributed by atoms with Crippen molar-refractivity contribution in [3.63, 3.8) is 0 Å². The van der Waals surface area contributed by atoms with Crippen LogP contribution in [0.2, 0.25) is 0 Å². The van der Waals surface area contributed by atoms with E-state index in [-0.39, 0.29) is 5.69 Å². The Labute approximate surface area is 138 Å². The Morgan fingerprint density at radius 1 is 1.25 bits per heavy atom. The first-order valence-corrected chi connectivity index (χ1v) is 7.34. The number of carbonyl (C=O) groups is 1. The van der Waals surface area contributed by atoms with Gasteiger partial charge in [0.05, 0.1) is 17.3 Å². The molecule has 1 aromatic carbocycles. The van der Waals surface area contributed by atoms with E-state index < -0.39 is 11.5 Å². The maximum Gasteiger partial charge on any atom is 0.286 e. The molecule has 0 radical (unpaired) electrons. The molecule has 1 amide bonds. The second kappa shape index (κ2) is 6.34. The van der Waals surface area contributed by atoms with Crippen molar-refractivity contribution in [1.82, 2.24) is 14.7 Å². The van der Waals surface area contributed by atoms with Crippen molar-refractivity contribution in [3.05, 3.63) is 81.5 Å². The van der Waals surface area contributed by atoms with Crippen molar-refractivity contribution < 1.29 is 4.79 Å². The van der Waals surface area contributed by atoms with Crippen molar-refractivity contribution in [2.45, 2.75) is 13.5 Å². The molecule has 0 spiro atoms. The van der Waals surface area contributed by atoms with E-state index in [1.165, 1.54) is 16.8 Å². The summed E-state index contributed by atoms with van der Waals surface area (Å²) in [4.78, 5) is 28.6. The standard InChI is InChI=1S/C18H14N4O2/c1-12-2-4-13(5-3-12)9-21-17(23)16-18(24)22-11-14(8-19)6-7-15(22)10-20-16/h2-7,10-11H,9H2,1H3,(H,21,23). The number of aromatic nitrogens is 2. The van der Waals surface area contributed by atoms with Gasteiger partial charge in [-0.05, 0) is 24.6 Å². The zero-order valence-corrected chi connectivity index (χ0v) is 13.0. The van der Waals surface area contributed by atoms with Crippen LogP contribution in [0.25, 0.3) is 5.52 Å². The van der Waals surface area contributed by atoms with Crippen LogP contribution < -0.4 is 10.9 Å². The molecule has 0 saturated heterocycles. The van der Waals surface area contributed by atoms with Gasteiger partial charge in [-0.1, -0.05) is 29.8 Å². The van der Waals surface area contributed by atoms with Crippen molar-refractivity contribution >= 4 is 11.4 Å². The zero-order chi connectivity index (χ0) is 17.1. The molecule has 0 bridgehead atoms. The van der Waals surface area contributed by atoms with Crippen LogP contribution in [-0.2, 0) is 6.54 Å². The normalized spacial score (nSPS) is 10.3. The molecular formula is C18H14N4O2. The highest BCUT2D eigenvalue weighted by molar-refractivity contribution is 5.92. The first-order chi connectivity index (χ1) is 11.6. The summed E-state index contributed by atoms with van der Waals surface area (Å²) >= 11 is 0. The lowest BCUT2D eigenvalue weighted by Crippen LogP contribution is -2.32. The maximum atomic E-state index is 12.4. The summed E-state index contributed by atoms with van der Waals surface area (Å²) in [5.41, 5.74) is 2.17. The number of rotatable bonds is 3. The summed E-state index contributed by atoms with van der Waals surface area (Å²) in [7, 11) is 0. The summed E-state index contributed by atoms with van der Waals surface area (Å²) in [6.45, 7) is 2.29. The van der Waals surface area contributed by atoms with Gasteiger partial charge < -0.3 is 5.32 Å². The van der Waals surface area contributed by atoms with Gasteiger partial charge in [0, 0.05) is 12.7 Å². The highest BCUT2D eigenvalue weighted by atomic mass is 16.2. The number of nitriles is 1. The lowest BCUT2D eigenvalue weighted by atomic mass is 10.1. The molecule has 0 saturated carbocycles. The third kappa shape index (κ3) is 3.01. The molecule has 1 N–H and O–H groups in total. The molecule has 2 heterocycles. The van der Waals surface area contributed by atoms with E-state index in [1.807, 2.05) is 37.3 Å². The molecule has 118 valence electrons. The topological polar surface area (TPSA) is 87.3 Å². The monoisotopic (exact) mass is 318 g/mol. The number of benzene rings is 1. The van der Waals surface area contributed by atoms with Crippen LogP contribution in [0.5, 0.6) is 0 Å². The van der Waals surface area contributed by atoms with Crippen LogP contribution >= 0.6 is 0 Å². The Morgan fingerprint density at radius 3 is 2.71 bits per heavy atom. The van der Waals surface area contributed by atoms with Gasteiger partial charge in [-0.25, -0.2) is 4.98 Å². The third-order valence-electron chi connectivity index (χ3n) is 3.65. The van der Waals surface area contributed by atoms with Crippen molar-refractivity contribution in [3.8, 4) is 6.07 Å². The Bertz CT molecular complexity index is 1010. The van der Waals surface area contributed by atoms with Gasteiger partial charge >= 0.3 is 0 Å². The molecule has 24 heavy (non-hydrogen) atoms. The molecule has 6 nitrogen and oxygen atoms in total. The van der Waals surface area contributed by atoms with E-state index in [2.05, 4.69) is 10.3 Å². The SMILES string of the molecule is Cc1ccc(CNC(=O)c2ncc3ccc(C#N)cn3c2=O)cc1. The minimum absolute atomic E-state index is 0.199. The average molecular weight is 318 g/mol. The average Bonchev–Trinajstić information content (AvgIpc) is 2.61. The zero-order valence-electron chi connectivity index (χ0n) is 13.0. The lowest BCUT2D eigenvalue weighted by molar-refractivity contribution is 0.0944. The van der Waals surface area contributed by atoms with Gasteiger partial charge in [0.25, 0.3) is 11.5 Å². The van der Waals surface area contributed by atoms with Crippen LogP contribution in [0.1, 0.15) is 27.2 Å². The fraction of sp³-hybridized carbons (Fsp3) is 0.111. The largest absolute Gasteiger partial charge is 0.346 e. The van der Waals surface area contributed by atoms with Crippen molar-refractivity contribution in [2.24, 2.45) is 0 Å². The highest BCUT2D eigenvalue weighted by Crippen LogP contribution is 2.04. The van der Waals surface area contributed by atoms with E-state index in [0.717, 1.165) is 11.1 Å². The number of nitrogens with zero attached hydrogens (tertiary/aromatic N) is 3. The molecule has 0 aliphatic heterocycles. The van der Waals surface area contributed by atoms with E-state index >= 15 is 0 Å². The van der Waals surface area contributed by atoms with Crippen molar-refractivity contribution in [2.75, 3.05) is 0 Å². The number of fused-ring (bicyclic) bond motifs is 1. The van der Waals surface area contributed by atoms with E-state index in [1.54, 1.807) is 12.1 Å². The number of hydrogen-bond acceptors (Lipinski definition) is 4. The van der Waals surface area contributed by atoms with E-state index in [9.17, 15) is 9.59 Å². The quantitative estimate of drug-likeness (QED) is 0.798. The summed E-state index contributed by atoms with van der Waals surface area (Å²) in [6.07, 6.45) is 2.83. The first kappa shape index (κ1) is 15.4. The van der Waals surface area contributed by atoms with Gasteiger partial charge in [0.1, 0.15) is 6.07 Å². The predicted molar refractivity (Wildman–Crippen MR) is 88.5 cm³/mol. The smallest absolute Gasteiger partial charge is 0.286 e. The van der Waals surface area contributed by atoms with Gasteiger partial charge in [-0.15, -0.1) is 0 Å². The highest BCUT2D eigenvalue weighted by Gasteiger charge is 2.14. The van der Waals surface area contributed by atoms with Gasteiger partial charge in [0.15, 0.2) is 5.69 Å². The lowest BCUT2D eigenvalue weighted by Gasteiger charge is -2.06. The van der Waals surface area contributed by atoms with Crippen molar-refractivity contribution in [1.29, 1.82) is 5.26 Å². The summed E-state index contributed by atoms with van der Waals surface area (Å²) < 4.78 is 1.26. The Morgan fingerprint density at radius 2 is 2.00 bits per heavy atom. The summed E-state index contributed by atoms with van der Waals surface area (Å²) in [6, 6.07) is 12.9.